The Balaban J connectivity index is 0.000000227. The quantitative estimate of drug-likeness (QED) is 0.316. The number of nitrogens with zero attached hydrogens (tertiary/aromatic N) is 4. The van der Waals surface area contributed by atoms with E-state index in [2.05, 4.69) is 54.2 Å². The Hall–Kier alpha value is -3.28. The lowest BCUT2D eigenvalue weighted by Gasteiger charge is -2.05. The molecule has 0 fully saturated rings. The molecule has 6 nitrogen and oxygen atoms in total. The normalized spacial score (nSPS) is 11.0. The van der Waals surface area contributed by atoms with E-state index in [0.29, 0.717) is 11.9 Å². The minimum Gasteiger partial charge on any atom is -0.369 e. The van der Waals surface area contributed by atoms with Gasteiger partial charge < -0.3 is 20.6 Å². The van der Waals surface area contributed by atoms with Crippen LogP contribution in [0.25, 0.3) is 28.1 Å². The lowest BCUT2D eigenvalue weighted by Crippen LogP contribution is -1.98. The summed E-state index contributed by atoms with van der Waals surface area (Å²) in [6.07, 6.45) is 11.5. The standard InChI is InChI=1S/C13H19N3.C13H17N3.CH4/c2*1-3-4-5-7-10-8-6-9-11-12(10)16(2)13(14)15-11;/h6,8-9H,3-5,7H2,1-2H3,(H2,14,15);5-9H,3-4H2,1-2H3,(H2,14,15);1H4/b;7-5+;. The summed E-state index contributed by atoms with van der Waals surface area (Å²) in [5.41, 5.74) is 18.4. The van der Waals surface area contributed by atoms with Gasteiger partial charge in [-0.25, -0.2) is 9.97 Å². The second-order valence-electron chi connectivity index (χ2n) is 8.21. The number of aromatic nitrogens is 4. The number of hydrogen-bond acceptors (Lipinski definition) is 4. The average molecular weight is 449 g/mol. The predicted molar refractivity (Wildman–Crippen MR) is 144 cm³/mol. The predicted octanol–water partition coefficient (Wildman–Crippen LogP) is 6.49. The zero-order chi connectivity index (χ0) is 23.1. The molecule has 0 aliphatic carbocycles. The maximum Gasteiger partial charge on any atom is 0.200 e. The van der Waals surface area contributed by atoms with Gasteiger partial charge in [0, 0.05) is 19.7 Å². The fourth-order valence-corrected chi connectivity index (χ4v) is 3.96. The molecule has 0 radical (unpaired) electrons. The summed E-state index contributed by atoms with van der Waals surface area (Å²) < 4.78 is 3.91. The van der Waals surface area contributed by atoms with E-state index in [9.17, 15) is 0 Å². The number of para-hydroxylation sites is 2. The molecule has 0 bridgehead atoms. The summed E-state index contributed by atoms with van der Waals surface area (Å²) in [5.74, 6) is 1.16. The highest BCUT2D eigenvalue weighted by Gasteiger charge is 2.09. The molecule has 2 aromatic carbocycles. The largest absolute Gasteiger partial charge is 0.369 e. The number of fused-ring (bicyclic) bond motifs is 2. The summed E-state index contributed by atoms with van der Waals surface area (Å²) in [4.78, 5) is 8.65. The van der Waals surface area contributed by atoms with E-state index in [1.54, 1.807) is 0 Å². The van der Waals surface area contributed by atoms with Crippen LogP contribution in [0, 0.1) is 0 Å². The van der Waals surface area contributed by atoms with Crippen LogP contribution in [0.1, 0.15) is 64.5 Å². The number of unbranched alkanes of at least 4 members (excludes halogenated alkanes) is 3. The van der Waals surface area contributed by atoms with E-state index >= 15 is 0 Å². The first kappa shape index (κ1) is 26.0. The summed E-state index contributed by atoms with van der Waals surface area (Å²) >= 11 is 0. The van der Waals surface area contributed by atoms with Gasteiger partial charge in [0.15, 0.2) is 0 Å². The molecule has 0 aliphatic heterocycles. The SMILES string of the molecule is C.CCC/C=C/c1cccc2nc(N)n(C)c12.CCCCCc1cccc2nc(N)n(C)c12. The van der Waals surface area contributed by atoms with Crippen LogP contribution < -0.4 is 11.5 Å². The first-order valence-corrected chi connectivity index (χ1v) is 11.5. The highest BCUT2D eigenvalue weighted by molar-refractivity contribution is 5.87. The highest BCUT2D eigenvalue weighted by atomic mass is 15.1. The van der Waals surface area contributed by atoms with Crippen molar-refractivity contribution in [2.75, 3.05) is 11.5 Å². The van der Waals surface area contributed by atoms with E-state index < -0.39 is 0 Å². The lowest BCUT2D eigenvalue weighted by molar-refractivity contribution is 0.718. The van der Waals surface area contributed by atoms with Gasteiger partial charge in [-0.05, 0) is 37.0 Å². The molecule has 4 N–H and O–H groups in total. The van der Waals surface area contributed by atoms with E-state index in [-0.39, 0.29) is 7.43 Å². The number of aryl methyl sites for hydroxylation is 3. The molecule has 0 saturated heterocycles. The molecule has 2 aromatic heterocycles. The maximum atomic E-state index is 5.83. The number of allylic oxidation sites excluding steroid dienone is 1. The van der Waals surface area contributed by atoms with Crippen molar-refractivity contribution in [3.63, 3.8) is 0 Å². The van der Waals surface area contributed by atoms with E-state index in [1.165, 1.54) is 42.3 Å². The number of anilines is 2. The fourth-order valence-electron chi connectivity index (χ4n) is 3.96. The van der Waals surface area contributed by atoms with Crippen molar-refractivity contribution >= 4 is 40.0 Å². The molecule has 4 rings (SSSR count). The number of rotatable bonds is 7. The second-order valence-corrected chi connectivity index (χ2v) is 8.21. The summed E-state index contributed by atoms with van der Waals surface area (Å²) in [6.45, 7) is 4.40. The molecule has 33 heavy (non-hydrogen) atoms. The molecule has 178 valence electrons. The zero-order valence-corrected chi connectivity index (χ0v) is 19.8. The van der Waals surface area contributed by atoms with Crippen molar-refractivity contribution in [2.24, 2.45) is 14.1 Å². The van der Waals surface area contributed by atoms with Gasteiger partial charge >= 0.3 is 0 Å². The third-order valence-electron chi connectivity index (χ3n) is 5.77. The third kappa shape index (κ3) is 5.95. The van der Waals surface area contributed by atoms with Crippen LogP contribution >= 0.6 is 0 Å². The molecular formula is C27H40N6. The van der Waals surface area contributed by atoms with Crippen LogP contribution in [-0.4, -0.2) is 19.1 Å². The van der Waals surface area contributed by atoms with Crippen molar-refractivity contribution in [1.29, 1.82) is 0 Å². The molecule has 4 aromatic rings. The lowest BCUT2D eigenvalue weighted by atomic mass is 10.1. The van der Waals surface area contributed by atoms with Crippen molar-refractivity contribution in [1.82, 2.24) is 19.1 Å². The van der Waals surface area contributed by atoms with Gasteiger partial charge in [0.05, 0.1) is 22.1 Å². The number of nitrogen functional groups attached to an aromatic ring is 2. The number of imidazole rings is 2. The Labute approximate surface area is 198 Å². The van der Waals surface area contributed by atoms with Crippen LogP contribution in [0.4, 0.5) is 11.9 Å². The minimum absolute atomic E-state index is 0. The Morgan fingerprint density at radius 3 is 2.06 bits per heavy atom. The first-order valence-electron chi connectivity index (χ1n) is 11.5. The van der Waals surface area contributed by atoms with Gasteiger partial charge in [-0.15, -0.1) is 0 Å². The molecule has 0 atom stereocenters. The molecule has 0 aliphatic rings. The monoisotopic (exact) mass is 448 g/mol. The number of nitrogens with two attached hydrogens (primary N) is 2. The van der Waals surface area contributed by atoms with Gasteiger partial charge in [-0.2, -0.15) is 0 Å². The summed E-state index contributed by atoms with van der Waals surface area (Å²) in [6, 6.07) is 12.4. The van der Waals surface area contributed by atoms with Crippen LogP contribution in [0.15, 0.2) is 42.5 Å². The van der Waals surface area contributed by atoms with Crippen molar-refractivity contribution in [2.45, 2.75) is 59.8 Å². The average Bonchev–Trinajstić information content (AvgIpc) is 3.25. The molecule has 0 saturated carbocycles. The van der Waals surface area contributed by atoms with E-state index in [4.69, 9.17) is 11.5 Å². The van der Waals surface area contributed by atoms with Gasteiger partial charge in [0.25, 0.3) is 0 Å². The fraction of sp³-hybridized carbons (Fsp3) is 0.407. The molecule has 6 heteroatoms. The van der Waals surface area contributed by atoms with Crippen LogP contribution in [0.3, 0.4) is 0 Å². The van der Waals surface area contributed by atoms with Crippen molar-refractivity contribution in [3.8, 4) is 0 Å². The highest BCUT2D eigenvalue weighted by Crippen LogP contribution is 2.23. The van der Waals surface area contributed by atoms with Crippen LogP contribution in [0.2, 0.25) is 0 Å². The summed E-state index contributed by atoms with van der Waals surface area (Å²) in [5, 5.41) is 0. The Kier molecular flexibility index (Phi) is 9.52. The van der Waals surface area contributed by atoms with Gasteiger partial charge in [0.2, 0.25) is 11.9 Å². The van der Waals surface area contributed by atoms with Gasteiger partial charge in [-0.1, -0.05) is 77.0 Å². The number of hydrogen-bond donors (Lipinski definition) is 2. The Bertz CT molecular complexity index is 1200. The molecule has 0 amide bonds. The van der Waals surface area contributed by atoms with E-state index in [0.717, 1.165) is 29.4 Å². The van der Waals surface area contributed by atoms with Crippen molar-refractivity contribution in [3.05, 3.63) is 53.6 Å². The first-order chi connectivity index (χ1) is 15.5. The second kappa shape index (κ2) is 12.1. The smallest absolute Gasteiger partial charge is 0.200 e. The minimum atomic E-state index is 0. The van der Waals surface area contributed by atoms with E-state index in [1.807, 2.05) is 41.4 Å². The van der Waals surface area contributed by atoms with Crippen LogP contribution in [-0.2, 0) is 20.5 Å². The van der Waals surface area contributed by atoms with Crippen LogP contribution in [0.5, 0.6) is 0 Å². The molecule has 2 heterocycles. The molecule has 0 unspecified atom stereocenters. The van der Waals surface area contributed by atoms with Gasteiger partial charge in [-0.3, -0.25) is 0 Å². The Morgan fingerprint density at radius 2 is 1.42 bits per heavy atom. The molecule has 0 spiro atoms. The van der Waals surface area contributed by atoms with Crippen molar-refractivity contribution < 1.29 is 0 Å². The zero-order valence-electron chi connectivity index (χ0n) is 19.8. The third-order valence-corrected chi connectivity index (χ3v) is 5.77. The number of benzene rings is 2. The molecular weight excluding hydrogens is 408 g/mol. The Morgan fingerprint density at radius 1 is 0.818 bits per heavy atom. The topological polar surface area (TPSA) is 87.7 Å². The maximum absolute atomic E-state index is 5.83. The van der Waals surface area contributed by atoms with Gasteiger partial charge in [0.1, 0.15) is 0 Å². The summed E-state index contributed by atoms with van der Waals surface area (Å²) in [7, 11) is 3.93.